The van der Waals surface area contributed by atoms with Crippen LogP contribution in [-0.4, -0.2) is 55.1 Å². The van der Waals surface area contributed by atoms with Gasteiger partial charge in [0.05, 0.1) is 10.8 Å². The van der Waals surface area contributed by atoms with E-state index in [0.29, 0.717) is 31.7 Å². The van der Waals surface area contributed by atoms with Gasteiger partial charge >= 0.3 is 6.18 Å². The summed E-state index contributed by atoms with van der Waals surface area (Å²) in [5.41, 5.74) is 1.23. The van der Waals surface area contributed by atoms with E-state index in [-0.39, 0.29) is 23.0 Å². The second-order valence-corrected chi connectivity index (χ2v) is 9.15. The van der Waals surface area contributed by atoms with E-state index in [0.717, 1.165) is 5.56 Å². The Hall–Kier alpha value is -1.39. The van der Waals surface area contributed by atoms with Gasteiger partial charge in [0.15, 0.2) is 5.11 Å². The maximum absolute atomic E-state index is 13.0. The number of nitrogens with zero attached hydrogens (tertiary/aromatic N) is 2. The lowest BCUT2D eigenvalue weighted by Gasteiger charge is -2.35. The van der Waals surface area contributed by atoms with Crippen LogP contribution in [0.2, 0.25) is 0 Å². The number of halogens is 3. The first kappa shape index (κ1) is 22.9. The van der Waals surface area contributed by atoms with Gasteiger partial charge < -0.3 is 10.2 Å². The summed E-state index contributed by atoms with van der Waals surface area (Å²) >= 11 is 5.31. The Bertz CT molecular complexity index is 809. The molecule has 1 aromatic carbocycles. The second-order valence-electron chi connectivity index (χ2n) is 6.82. The number of hydrogen-bond donors (Lipinski definition) is 1. The number of likely N-dealkylation sites (tertiary alicyclic amines) is 1. The number of nitrogens with one attached hydrogen (secondary N) is 1. The van der Waals surface area contributed by atoms with Crippen molar-refractivity contribution in [3.05, 3.63) is 23.8 Å². The van der Waals surface area contributed by atoms with Crippen molar-refractivity contribution >= 4 is 33.0 Å². The summed E-state index contributed by atoms with van der Waals surface area (Å²) < 4.78 is 65.9. The van der Waals surface area contributed by atoms with Crippen molar-refractivity contribution < 1.29 is 21.6 Å². The molecule has 5 nitrogen and oxygen atoms in total. The molecule has 1 N–H and O–H groups in total. The first-order valence-electron chi connectivity index (χ1n) is 9.24. The standard InChI is InChI=1S/C18H26F3N3O2S2/c1-4-24(5-2)28(25,26)15-9-8-13(3)16(11-15)22-17(27)23-10-6-7-14(12-23)18(19,20)21/h8-9,11,14H,4-7,10,12H2,1-3H3,(H,22,27). The van der Waals surface area contributed by atoms with Crippen molar-refractivity contribution in [3.8, 4) is 0 Å². The molecular weight excluding hydrogens is 411 g/mol. The molecule has 158 valence electrons. The summed E-state index contributed by atoms with van der Waals surface area (Å²) in [6.45, 7) is 6.25. The Morgan fingerprint density at radius 1 is 1.32 bits per heavy atom. The van der Waals surface area contributed by atoms with Gasteiger partial charge in [-0.3, -0.25) is 0 Å². The third-order valence-corrected chi connectivity index (χ3v) is 7.37. The highest BCUT2D eigenvalue weighted by Crippen LogP contribution is 2.33. The zero-order chi connectivity index (χ0) is 21.1. The highest BCUT2D eigenvalue weighted by atomic mass is 32.2. The number of hydrogen-bond acceptors (Lipinski definition) is 3. The van der Waals surface area contributed by atoms with E-state index in [1.54, 1.807) is 26.8 Å². The monoisotopic (exact) mass is 437 g/mol. The van der Waals surface area contributed by atoms with Gasteiger partial charge in [-0.05, 0) is 49.7 Å². The van der Waals surface area contributed by atoms with Crippen LogP contribution in [0.1, 0.15) is 32.3 Å². The van der Waals surface area contributed by atoms with Gasteiger partial charge in [-0.15, -0.1) is 0 Å². The van der Waals surface area contributed by atoms with Crippen LogP contribution in [0.5, 0.6) is 0 Å². The molecule has 1 aliphatic heterocycles. The Kier molecular flexibility index (Phi) is 7.33. The maximum Gasteiger partial charge on any atom is 0.393 e. The molecule has 10 heteroatoms. The summed E-state index contributed by atoms with van der Waals surface area (Å²) in [6, 6.07) is 4.67. The molecule has 0 bridgehead atoms. The summed E-state index contributed by atoms with van der Waals surface area (Å²) in [7, 11) is -3.64. The van der Waals surface area contributed by atoms with E-state index in [2.05, 4.69) is 5.32 Å². The average molecular weight is 438 g/mol. The van der Waals surface area contributed by atoms with Crippen molar-refractivity contribution in [1.29, 1.82) is 0 Å². The van der Waals surface area contributed by atoms with Gasteiger partial charge in [-0.1, -0.05) is 19.9 Å². The minimum atomic E-state index is -4.25. The van der Waals surface area contributed by atoms with E-state index >= 15 is 0 Å². The van der Waals surface area contributed by atoms with E-state index in [9.17, 15) is 21.6 Å². The zero-order valence-corrected chi connectivity index (χ0v) is 17.8. The highest BCUT2D eigenvalue weighted by molar-refractivity contribution is 7.89. The second kappa shape index (κ2) is 8.96. The summed E-state index contributed by atoms with van der Waals surface area (Å²) in [4.78, 5) is 1.63. The topological polar surface area (TPSA) is 52.7 Å². The molecule has 1 saturated heterocycles. The molecule has 2 rings (SSSR count). The van der Waals surface area contributed by atoms with Crippen LogP contribution in [0.3, 0.4) is 0 Å². The SMILES string of the molecule is CCN(CC)S(=O)(=O)c1ccc(C)c(NC(=S)N2CCCC(C(F)(F)F)C2)c1. The number of alkyl halides is 3. The van der Waals surface area contributed by atoms with E-state index in [4.69, 9.17) is 12.2 Å². The molecule has 0 radical (unpaired) electrons. The smallest absolute Gasteiger partial charge is 0.348 e. The average Bonchev–Trinajstić information content (AvgIpc) is 2.63. The quantitative estimate of drug-likeness (QED) is 0.706. The van der Waals surface area contributed by atoms with Crippen molar-refractivity contribution in [3.63, 3.8) is 0 Å². The zero-order valence-electron chi connectivity index (χ0n) is 16.2. The predicted molar refractivity (Wildman–Crippen MR) is 108 cm³/mol. The van der Waals surface area contributed by atoms with E-state index in [1.165, 1.54) is 21.3 Å². The van der Waals surface area contributed by atoms with Crippen LogP contribution < -0.4 is 5.32 Å². The van der Waals surface area contributed by atoms with Crippen LogP contribution in [-0.2, 0) is 10.0 Å². The summed E-state index contributed by atoms with van der Waals surface area (Å²) in [5, 5.41) is 3.12. The molecule has 28 heavy (non-hydrogen) atoms. The fourth-order valence-corrected chi connectivity index (χ4v) is 4.99. The van der Waals surface area contributed by atoms with E-state index < -0.39 is 22.1 Å². The minimum absolute atomic E-state index is 0.0965. The van der Waals surface area contributed by atoms with Gasteiger partial charge in [0, 0.05) is 31.9 Å². The van der Waals surface area contributed by atoms with Crippen LogP contribution >= 0.6 is 12.2 Å². The normalized spacial score (nSPS) is 18.4. The van der Waals surface area contributed by atoms with Crippen LogP contribution in [0.4, 0.5) is 18.9 Å². The maximum atomic E-state index is 13.0. The number of sulfonamides is 1. The molecule has 1 aromatic rings. The third-order valence-electron chi connectivity index (χ3n) is 4.97. The fourth-order valence-electron chi connectivity index (χ4n) is 3.23. The first-order chi connectivity index (χ1) is 13.0. The van der Waals surface area contributed by atoms with E-state index in [1.807, 2.05) is 0 Å². The van der Waals surface area contributed by atoms with Crippen LogP contribution in [0, 0.1) is 12.8 Å². The molecular formula is C18H26F3N3O2S2. The Morgan fingerprint density at radius 2 is 1.96 bits per heavy atom. The summed E-state index contributed by atoms with van der Waals surface area (Å²) in [6.07, 6.45) is -3.75. The Morgan fingerprint density at radius 3 is 2.54 bits per heavy atom. The first-order valence-corrected chi connectivity index (χ1v) is 11.1. The van der Waals surface area contributed by atoms with Gasteiger partial charge in [0.25, 0.3) is 0 Å². The summed E-state index contributed by atoms with van der Waals surface area (Å²) in [5.74, 6) is -1.41. The fraction of sp³-hybridized carbons (Fsp3) is 0.611. The number of anilines is 1. The lowest BCUT2D eigenvalue weighted by Crippen LogP contribution is -2.46. The molecule has 0 saturated carbocycles. The Balaban J connectivity index is 2.21. The van der Waals surface area contributed by atoms with Crippen molar-refractivity contribution in [2.75, 3.05) is 31.5 Å². The number of rotatable bonds is 5. The lowest BCUT2D eigenvalue weighted by atomic mass is 9.98. The minimum Gasteiger partial charge on any atom is -0.348 e. The van der Waals surface area contributed by atoms with Gasteiger partial charge in [0.2, 0.25) is 10.0 Å². The lowest BCUT2D eigenvalue weighted by molar-refractivity contribution is -0.183. The largest absolute Gasteiger partial charge is 0.393 e. The van der Waals surface area contributed by atoms with Crippen molar-refractivity contribution in [2.24, 2.45) is 5.92 Å². The third kappa shape index (κ3) is 5.15. The molecule has 0 aliphatic carbocycles. The molecule has 0 spiro atoms. The van der Waals surface area contributed by atoms with Gasteiger partial charge in [-0.25, -0.2) is 8.42 Å². The molecule has 1 atom stereocenters. The number of thiocarbonyl (C=S) groups is 1. The molecule has 0 aromatic heterocycles. The number of benzene rings is 1. The van der Waals surface area contributed by atoms with Crippen LogP contribution in [0.15, 0.2) is 23.1 Å². The van der Waals surface area contributed by atoms with Crippen molar-refractivity contribution in [1.82, 2.24) is 9.21 Å². The molecule has 1 aliphatic rings. The van der Waals surface area contributed by atoms with Gasteiger partial charge in [-0.2, -0.15) is 17.5 Å². The molecule has 1 fully saturated rings. The molecule has 1 heterocycles. The highest BCUT2D eigenvalue weighted by Gasteiger charge is 2.42. The molecule has 1 unspecified atom stereocenters. The number of piperidine rings is 1. The van der Waals surface area contributed by atoms with Crippen molar-refractivity contribution in [2.45, 2.75) is 44.7 Å². The van der Waals surface area contributed by atoms with Gasteiger partial charge in [0.1, 0.15) is 0 Å². The molecule has 0 amide bonds. The predicted octanol–water partition coefficient (Wildman–Crippen LogP) is 4.00. The number of aryl methyl sites for hydroxylation is 1. The Labute approximate surface area is 169 Å². The van der Waals surface area contributed by atoms with Crippen LogP contribution in [0.25, 0.3) is 0 Å².